The zero-order chi connectivity index (χ0) is 14.8. The minimum Gasteiger partial charge on any atom is -0.394 e. The number of benzene rings is 1. The number of para-hydroxylation sites is 1. The molecular weight excluding hydrogens is 264 g/mol. The van der Waals surface area contributed by atoms with E-state index in [1.54, 1.807) is 0 Å². The number of aliphatic hydroxyl groups is 1. The molecular formula is C17H22N2O2. The van der Waals surface area contributed by atoms with Gasteiger partial charge in [-0.05, 0) is 31.5 Å². The zero-order valence-corrected chi connectivity index (χ0v) is 12.6. The van der Waals surface area contributed by atoms with Gasteiger partial charge in [-0.25, -0.2) is 0 Å². The number of aryl methyl sites for hydroxylation is 1. The van der Waals surface area contributed by atoms with Gasteiger partial charge >= 0.3 is 0 Å². The van der Waals surface area contributed by atoms with E-state index in [1.807, 2.05) is 13.0 Å². The number of hydrogen-bond donors (Lipinski definition) is 1. The van der Waals surface area contributed by atoms with Gasteiger partial charge in [0.15, 0.2) is 0 Å². The van der Waals surface area contributed by atoms with Crippen LogP contribution in [-0.2, 0) is 11.3 Å². The predicted molar refractivity (Wildman–Crippen MR) is 83.2 cm³/mol. The van der Waals surface area contributed by atoms with Gasteiger partial charge in [-0.1, -0.05) is 18.2 Å². The first-order valence-corrected chi connectivity index (χ1v) is 7.49. The molecule has 21 heavy (non-hydrogen) atoms. The highest BCUT2D eigenvalue weighted by Gasteiger charge is 2.26. The standard InChI is InChI=1S/C17H22N2O2/c1-12-7-14(16-5-3-4-6-17(16)18-12)8-19-9-15(10-20)21-11-13(19)2/h3-7,13,15,20H,8-11H2,1-2H3. The molecule has 1 aromatic carbocycles. The highest BCUT2D eigenvalue weighted by molar-refractivity contribution is 5.82. The maximum absolute atomic E-state index is 9.32. The predicted octanol–water partition coefficient (Wildman–Crippen LogP) is 2.12. The van der Waals surface area contributed by atoms with Crippen LogP contribution in [0.25, 0.3) is 10.9 Å². The Morgan fingerprint density at radius 2 is 2.19 bits per heavy atom. The van der Waals surface area contributed by atoms with Gasteiger partial charge in [0.25, 0.3) is 0 Å². The normalized spacial score (nSPS) is 23.6. The highest BCUT2D eigenvalue weighted by atomic mass is 16.5. The number of ether oxygens (including phenoxy) is 1. The van der Waals surface area contributed by atoms with E-state index in [9.17, 15) is 5.11 Å². The molecule has 112 valence electrons. The van der Waals surface area contributed by atoms with Gasteiger partial charge in [-0.3, -0.25) is 9.88 Å². The van der Waals surface area contributed by atoms with E-state index < -0.39 is 0 Å². The Kier molecular flexibility index (Phi) is 4.19. The van der Waals surface area contributed by atoms with Crippen LogP contribution in [0, 0.1) is 6.92 Å². The first-order chi connectivity index (χ1) is 10.2. The first-order valence-electron chi connectivity index (χ1n) is 7.49. The lowest BCUT2D eigenvalue weighted by Crippen LogP contribution is -2.48. The largest absolute Gasteiger partial charge is 0.394 e. The second-order valence-corrected chi connectivity index (χ2v) is 5.86. The Morgan fingerprint density at radius 3 is 3.00 bits per heavy atom. The van der Waals surface area contributed by atoms with Crippen LogP contribution in [0.4, 0.5) is 0 Å². The second kappa shape index (κ2) is 6.10. The molecule has 4 nitrogen and oxygen atoms in total. The van der Waals surface area contributed by atoms with E-state index in [0.717, 1.165) is 24.3 Å². The van der Waals surface area contributed by atoms with Crippen molar-refractivity contribution in [2.45, 2.75) is 32.5 Å². The summed E-state index contributed by atoms with van der Waals surface area (Å²) in [6.07, 6.45) is -0.0737. The van der Waals surface area contributed by atoms with Crippen molar-refractivity contribution in [3.63, 3.8) is 0 Å². The van der Waals surface area contributed by atoms with E-state index >= 15 is 0 Å². The van der Waals surface area contributed by atoms with Crippen molar-refractivity contribution in [2.75, 3.05) is 19.8 Å². The molecule has 2 atom stereocenters. The van der Waals surface area contributed by atoms with Gasteiger partial charge in [0.2, 0.25) is 0 Å². The van der Waals surface area contributed by atoms with Gasteiger partial charge < -0.3 is 9.84 Å². The molecule has 1 aliphatic rings. The topological polar surface area (TPSA) is 45.6 Å². The van der Waals surface area contributed by atoms with Gasteiger partial charge in [-0.15, -0.1) is 0 Å². The molecule has 1 N–H and O–H groups in total. The van der Waals surface area contributed by atoms with Gasteiger partial charge in [0, 0.05) is 30.2 Å². The van der Waals surface area contributed by atoms with Crippen molar-refractivity contribution in [3.8, 4) is 0 Å². The Labute approximate surface area is 125 Å². The molecule has 1 aliphatic heterocycles. The van der Waals surface area contributed by atoms with Crippen LogP contribution in [0.1, 0.15) is 18.2 Å². The molecule has 2 heterocycles. The van der Waals surface area contributed by atoms with Crippen LogP contribution in [-0.4, -0.2) is 46.9 Å². The van der Waals surface area contributed by atoms with Crippen molar-refractivity contribution in [2.24, 2.45) is 0 Å². The molecule has 0 saturated carbocycles. The smallest absolute Gasteiger partial charge is 0.0933 e. The number of hydrogen-bond acceptors (Lipinski definition) is 4. The second-order valence-electron chi connectivity index (χ2n) is 5.86. The lowest BCUT2D eigenvalue weighted by atomic mass is 10.1. The number of rotatable bonds is 3. The lowest BCUT2D eigenvalue weighted by molar-refractivity contribution is -0.0804. The maximum Gasteiger partial charge on any atom is 0.0933 e. The average Bonchev–Trinajstić information content (AvgIpc) is 2.49. The van der Waals surface area contributed by atoms with E-state index in [-0.39, 0.29) is 12.7 Å². The monoisotopic (exact) mass is 286 g/mol. The number of pyridine rings is 1. The van der Waals surface area contributed by atoms with Crippen LogP contribution < -0.4 is 0 Å². The first kappa shape index (κ1) is 14.4. The molecule has 0 aliphatic carbocycles. The fourth-order valence-electron chi connectivity index (χ4n) is 2.95. The molecule has 2 unspecified atom stereocenters. The summed E-state index contributed by atoms with van der Waals surface area (Å²) < 4.78 is 5.61. The summed E-state index contributed by atoms with van der Waals surface area (Å²) in [6, 6.07) is 10.8. The summed E-state index contributed by atoms with van der Waals surface area (Å²) in [5.41, 5.74) is 3.39. The van der Waals surface area contributed by atoms with Crippen molar-refractivity contribution in [1.29, 1.82) is 0 Å². The molecule has 3 rings (SSSR count). The summed E-state index contributed by atoms with van der Waals surface area (Å²) in [7, 11) is 0. The summed E-state index contributed by atoms with van der Waals surface area (Å²) in [5.74, 6) is 0. The van der Waals surface area contributed by atoms with Crippen molar-refractivity contribution >= 4 is 10.9 Å². The number of aliphatic hydroxyl groups excluding tert-OH is 1. The van der Waals surface area contributed by atoms with Crippen molar-refractivity contribution in [3.05, 3.63) is 41.6 Å². The Hall–Kier alpha value is -1.49. The fourth-order valence-corrected chi connectivity index (χ4v) is 2.95. The molecule has 0 radical (unpaired) electrons. The summed E-state index contributed by atoms with van der Waals surface area (Å²) in [4.78, 5) is 6.98. The number of fused-ring (bicyclic) bond motifs is 1. The minimum atomic E-state index is -0.0737. The molecule has 1 fully saturated rings. The van der Waals surface area contributed by atoms with Gasteiger partial charge in [0.1, 0.15) is 0 Å². The van der Waals surface area contributed by atoms with Crippen LogP contribution in [0.2, 0.25) is 0 Å². The van der Waals surface area contributed by atoms with Crippen molar-refractivity contribution in [1.82, 2.24) is 9.88 Å². The van der Waals surface area contributed by atoms with Gasteiger partial charge in [-0.2, -0.15) is 0 Å². The minimum absolute atomic E-state index is 0.0737. The molecule has 4 heteroatoms. The average molecular weight is 286 g/mol. The van der Waals surface area contributed by atoms with Crippen molar-refractivity contribution < 1.29 is 9.84 Å². The van der Waals surface area contributed by atoms with Crippen LogP contribution in [0.15, 0.2) is 30.3 Å². The quantitative estimate of drug-likeness (QED) is 0.939. The summed E-state index contributed by atoms with van der Waals surface area (Å²) in [6.45, 7) is 6.60. The van der Waals surface area contributed by atoms with Crippen LogP contribution in [0.3, 0.4) is 0 Å². The zero-order valence-electron chi connectivity index (χ0n) is 12.6. The van der Waals surface area contributed by atoms with Gasteiger partial charge in [0.05, 0.1) is 24.8 Å². The lowest BCUT2D eigenvalue weighted by Gasteiger charge is -2.37. The number of nitrogens with zero attached hydrogens (tertiary/aromatic N) is 2. The SMILES string of the molecule is Cc1cc(CN2CC(CO)OCC2C)c2ccccc2n1. The molecule has 2 aromatic rings. The molecule has 1 saturated heterocycles. The molecule has 0 amide bonds. The fraction of sp³-hybridized carbons (Fsp3) is 0.471. The third-order valence-corrected chi connectivity index (χ3v) is 4.14. The highest BCUT2D eigenvalue weighted by Crippen LogP contribution is 2.22. The Morgan fingerprint density at radius 1 is 1.38 bits per heavy atom. The van der Waals surface area contributed by atoms with E-state index in [1.165, 1.54) is 10.9 Å². The number of aromatic nitrogens is 1. The summed E-state index contributed by atoms with van der Waals surface area (Å²) >= 11 is 0. The third-order valence-electron chi connectivity index (χ3n) is 4.14. The molecule has 0 bridgehead atoms. The summed E-state index contributed by atoms with van der Waals surface area (Å²) in [5, 5.41) is 10.5. The van der Waals surface area contributed by atoms with Crippen LogP contribution >= 0.6 is 0 Å². The van der Waals surface area contributed by atoms with E-state index in [0.29, 0.717) is 12.6 Å². The Balaban J connectivity index is 1.90. The number of morpholine rings is 1. The van der Waals surface area contributed by atoms with E-state index in [2.05, 4.69) is 41.1 Å². The molecule has 0 spiro atoms. The Bertz CT molecular complexity index is 629. The van der Waals surface area contributed by atoms with E-state index in [4.69, 9.17) is 4.74 Å². The third kappa shape index (κ3) is 3.07. The maximum atomic E-state index is 9.32. The molecule has 1 aromatic heterocycles. The van der Waals surface area contributed by atoms with Crippen LogP contribution in [0.5, 0.6) is 0 Å².